The van der Waals surface area contributed by atoms with Crippen LogP contribution in [-0.2, 0) is 12.8 Å². The van der Waals surface area contributed by atoms with Crippen LogP contribution in [0.1, 0.15) is 11.4 Å². The summed E-state index contributed by atoms with van der Waals surface area (Å²) in [5, 5.41) is 1.06. The molecule has 0 fully saturated rings. The van der Waals surface area contributed by atoms with Crippen LogP contribution in [0, 0.1) is 0 Å². The van der Waals surface area contributed by atoms with Gasteiger partial charge in [0, 0.05) is 25.3 Å². The zero-order chi connectivity index (χ0) is 17.2. The number of benzene rings is 2. The molecule has 1 aliphatic heterocycles. The predicted molar refractivity (Wildman–Crippen MR) is 100 cm³/mol. The Bertz CT molecular complexity index is 871. The molecule has 2 N–H and O–H groups in total. The molecule has 128 valence electrons. The van der Waals surface area contributed by atoms with Crippen LogP contribution in [0.5, 0.6) is 5.75 Å². The van der Waals surface area contributed by atoms with Crippen molar-refractivity contribution < 1.29 is 4.74 Å². The van der Waals surface area contributed by atoms with E-state index in [4.69, 9.17) is 15.5 Å². The fraction of sp³-hybridized carbons (Fsp3) is 0.300. The summed E-state index contributed by atoms with van der Waals surface area (Å²) in [6, 6.07) is 16.4. The summed E-state index contributed by atoms with van der Waals surface area (Å²) in [4.78, 5) is 11.6. The van der Waals surface area contributed by atoms with E-state index in [2.05, 4.69) is 35.1 Å². The van der Waals surface area contributed by atoms with Crippen molar-refractivity contribution in [3.63, 3.8) is 0 Å². The van der Waals surface area contributed by atoms with Gasteiger partial charge in [-0.1, -0.05) is 30.3 Å². The molecule has 1 aromatic heterocycles. The molecule has 0 aliphatic carbocycles. The zero-order valence-electron chi connectivity index (χ0n) is 14.4. The number of ether oxygens (including phenoxy) is 1. The first-order valence-corrected chi connectivity index (χ1v) is 8.66. The fourth-order valence-electron chi connectivity index (χ4n) is 3.39. The molecule has 2 heterocycles. The molecule has 0 bridgehead atoms. The van der Waals surface area contributed by atoms with Crippen molar-refractivity contribution in [3.8, 4) is 5.75 Å². The Kier molecular flexibility index (Phi) is 4.24. The summed E-state index contributed by atoms with van der Waals surface area (Å²) in [5.41, 5.74) is 7.93. The maximum Gasteiger partial charge on any atom is 0.140 e. The van der Waals surface area contributed by atoms with Crippen molar-refractivity contribution >= 4 is 16.7 Å². The second-order valence-electron chi connectivity index (χ2n) is 6.45. The number of para-hydroxylation sites is 2. The quantitative estimate of drug-likeness (QED) is 0.777. The van der Waals surface area contributed by atoms with Gasteiger partial charge in [-0.05, 0) is 30.3 Å². The second-order valence-corrected chi connectivity index (χ2v) is 6.45. The van der Waals surface area contributed by atoms with E-state index in [0.717, 1.165) is 41.3 Å². The van der Waals surface area contributed by atoms with E-state index in [9.17, 15) is 0 Å². The van der Waals surface area contributed by atoms with Crippen LogP contribution in [0.25, 0.3) is 10.9 Å². The molecule has 1 aliphatic rings. The van der Waals surface area contributed by atoms with Crippen LogP contribution in [0.3, 0.4) is 0 Å². The number of hydrogen-bond acceptors (Lipinski definition) is 5. The average Bonchev–Trinajstić information content (AvgIpc) is 3.03. The van der Waals surface area contributed by atoms with Gasteiger partial charge in [0.15, 0.2) is 0 Å². The van der Waals surface area contributed by atoms with Crippen LogP contribution >= 0.6 is 0 Å². The summed E-state index contributed by atoms with van der Waals surface area (Å²) in [7, 11) is 2.06. The molecule has 2 aromatic carbocycles. The summed E-state index contributed by atoms with van der Waals surface area (Å²) in [5.74, 6) is 2.73. The third-order valence-corrected chi connectivity index (χ3v) is 4.55. The summed E-state index contributed by atoms with van der Waals surface area (Å²) in [6.07, 6.45) is 1.74. The molecule has 5 nitrogen and oxygen atoms in total. The number of hydrogen-bond donors (Lipinski definition) is 1. The number of aromatic nitrogens is 2. The number of fused-ring (bicyclic) bond motifs is 2. The highest BCUT2D eigenvalue weighted by atomic mass is 16.5. The van der Waals surface area contributed by atoms with Crippen molar-refractivity contribution in [1.82, 2.24) is 9.97 Å². The lowest BCUT2D eigenvalue weighted by atomic mass is 10.1. The van der Waals surface area contributed by atoms with Crippen molar-refractivity contribution in [2.75, 3.05) is 25.0 Å². The SMILES string of the molecule is CN(C[C@@H]1Cc2ccccc2O1)c1nc(CCN)nc2ccccc12. The number of nitrogens with zero attached hydrogens (tertiary/aromatic N) is 3. The Balaban J connectivity index is 1.60. The van der Waals surface area contributed by atoms with E-state index in [1.165, 1.54) is 5.56 Å². The maximum atomic E-state index is 6.08. The van der Waals surface area contributed by atoms with Crippen LogP contribution in [0.4, 0.5) is 5.82 Å². The molecule has 0 amide bonds. The predicted octanol–water partition coefficient (Wildman–Crippen LogP) is 2.57. The first kappa shape index (κ1) is 15.8. The van der Waals surface area contributed by atoms with Crippen LogP contribution < -0.4 is 15.4 Å². The van der Waals surface area contributed by atoms with Crippen molar-refractivity contribution in [3.05, 3.63) is 59.9 Å². The molecular formula is C20H22N4O. The van der Waals surface area contributed by atoms with Gasteiger partial charge in [-0.25, -0.2) is 9.97 Å². The van der Waals surface area contributed by atoms with Crippen molar-refractivity contribution in [2.24, 2.45) is 5.73 Å². The smallest absolute Gasteiger partial charge is 0.140 e. The molecule has 0 saturated carbocycles. The van der Waals surface area contributed by atoms with Gasteiger partial charge in [-0.3, -0.25) is 0 Å². The highest BCUT2D eigenvalue weighted by Gasteiger charge is 2.24. The highest BCUT2D eigenvalue weighted by molar-refractivity contribution is 5.89. The Morgan fingerprint density at radius 2 is 1.92 bits per heavy atom. The van der Waals surface area contributed by atoms with E-state index in [1.807, 2.05) is 30.3 Å². The zero-order valence-corrected chi connectivity index (χ0v) is 14.4. The summed E-state index contributed by atoms with van der Waals surface area (Å²) < 4.78 is 6.08. The number of anilines is 1. The molecule has 5 heteroatoms. The molecule has 0 unspecified atom stereocenters. The van der Waals surface area contributed by atoms with Gasteiger partial charge in [0.05, 0.1) is 12.1 Å². The van der Waals surface area contributed by atoms with Gasteiger partial charge in [0.25, 0.3) is 0 Å². The van der Waals surface area contributed by atoms with Crippen LogP contribution in [0.15, 0.2) is 48.5 Å². The number of nitrogens with two attached hydrogens (primary N) is 1. The highest BCUT2D eigenvalue weighted by Crippen LogP contribution is 2.30. The molecule has 0 saturated heterocycles. The maximum absolute atomic E-state index is 6.08. The lowest BCUT2D eigenvalue weighted by molar-refractivity contribution is 0.239. The van der Waals surface area contributed by atoms with E-state index in [0.29, 0.717) is 13.0 Å². The van der Waals surface area contributed by atoms with Gasteiger partial charge in [-0.15, -0.1) is 0 Å². The number of likely N-dealkylation sites (N-methyl/N-ethyl adjacent to an activating group) is 1. The van der Waals surface area contributed by atoms with Gasteiger partial charge in [-0.2, -0.15) is 0 Å². The van der Waals surface area contributed by atoms with Gasteiger partial charge in [0.2, 0.25) is 0 Å². The molecule has 1 atom stereocenters. The Morgan fingerprint density at radius 3 is 2.76 bits per heavy atom. The second kappa shape index (κ2) is 6.69. The van der Waals surface area contributed by atoms with E-state index < -0.39 is 0 Å². The molecule has 0 spiro atoms. The van der Waals surface area contributed by atoms with E-state index in [-0.39, 0.29) is 6.10 Å². The van der Waals surface area contributed by atoms with E-state index >= 15 is 0 Å². The van der Waals surface area contributed by atoms with Crippen molar-refractivity contribution in [2.45, 2.75) is 18.9 Å². The minimum atomic E-state index is 0.133. The molecule has 4 rings (SSSR count). The lowest BCUT2D eigenvalue weighted by Gasteiger charge is -2.23. The largest absolute Gasteiger partial charge is 0.488 e. The summed E-state index contributed by atoms with van der Waals surface area (Å²) in [6.45, 7) is 1.32. The van der Waals surface area contributed by atoms with Crippen LogP contribution in [0.2, 0.25) is 0 Å². The van der Waals surface area contributed by atoms with Crippen molar-refractivity contribution in [1.29, 1.82) is 0 Å². The Hall–Kier alpha value is -2.66. The Morgan fingerprint density at radius 1 is 1.12 bits per heavy atom. The third kappa shape index (κ3) is 3.15. The van der Waals surface area contributed by atoms with Gasteiger partial charge >= 0.3 is 0 Å². The molecule has 3 aromatic rings. The molecular weight excluding hydrogens is 312 g/mol. The minimum absolute atomic E-state index is 0.133. The van der Waals surface area contributed by atoms with Gasteiger partial charge < -0.3 is 15.4 Å². The first-order chi connectivity index (χ1) is 12.2. The van der Waals surface area contributed by atoms with E-state index in [1.54, 1.807) is 0 Å². The molecule has 0 radical (unpaired) electrons. The normalized spacial score (nSPS) is 15.8. The standard InChI is InChI=1S/C20H22N4O/c1-24(13-15-12-14-6-2-5-9-18(14)25-15)20-16-7-3-4-8-17(16)22-19(23-20)10-11-21/h2-9,15H,10-13,21H2,1H3/t15-/m0/s1. The fourth-order valence-corrected chi connectivity index (χ4v) is 3.39. The Labute approximate surface area is 147 Å². The van der Waals surface area contributed by atoms with Gasteiger partial charge in [0.1, 0.15) is 23.5 Å². The number of rotatable bonds is 5. The molecule has 25 heavy (non-hydrogen) atoms. The minimum Gasteiger partial charge on any atom is -0.488 e. The summed E-state index contributed by atoms with van der Waals surface area (Å²) >= 11 is 0. The first-order valence-electron chi connectivity index (χ1n) is 8.66. The lowest BCUT2D eigenvalue weighted by Crippen LogP contribution is -2.33. The monoisotopic (exact) mass is 334 g/mol. The average molecular weight is 334 g/mol. The topological polar surface area (TPSA) is 64.3 Å². The van der Waals surface area contributed by atoms with Crippen LogP contribution in [-0.4, -0.2) is 36.2 Å². The third-order valence-electron chi connectivity index (χ3n) is 4.55.